The van der Waals surface area contributed by atoms with Crippen molar-refractivity contribution < 1.29 is 8.78 Å². The number of piperidine rings is 1. The zero-order valence-corrected chi connectivity index (χ0v) is 11.0. The Morgan fingerprint density at radius 1 is 1.33 bits per heavy atom. The topological polar surface area (TPSA) is 24.1 Å². The van der Waals surface area contributed by atoms with Crippen molar-refractivity contribution in [1.82, 2.24) is 5.32 Å². The molecule has 1 unspecified atom stereocenters. The van der Waals surface area contributed by atoms with Crippen LogP contribution in [0.4, 0.5) is 14.5 Å². The Morgan fingerprint density at radius 2 is 2.11 bits per heavy atom. The minimum Gasteiger partial charge on any atom is -0.385 e. The first-order valence-electron chi connectivity index (χ1n) is 6.23. The van der Waals surface area contributed by atoms with Gasteiger partial charge in [-0.05, 0) is 56.1 Å². The van der Waals surface area contributed by atoms with Crippen LogP contribution < -0.4 is 10.6 Å². The van der Waals surface area contributed by atoms with Crippen LogP contribution in [-0.2, 0) is 0 Å². The summed E-state index contributed by atoms with van der Waals surface area (Å²) < 4.78 is 24.3. The first kappa shape index (κ1) is 13.6. The zero-order valence-electron chi connectivity index (χ0n) is 10.2. The molecule has 1 aliphatic heterocycles. The lowest BCUT2D eigenvalue weighted by Crippen LogP contribution is -2.33. The van der Waals surface area contributed by atoms with Crippen molar-refractivity contribution >= 4 is 17.4 Å². The summed E-state index contributed by atoms with van der Waals surface area (Å²) in [6, 6.07) is 7.19. The van der Waals surface area contributed by atoms with Crippen LogP contribution in [0.15, 0.2) is 29.2 Å². The maximum atomic E-state index is 12.2. The Labute approximate surface area is 111 Å². The Kier molecular flexibility index (Phi) is 5.26. The van der Waals surface area contributed by atoms with Crippen LogP contribution in [-0.4, -0.2) is 25.4 Å². The van der Waals surface area contributed by atoms with Gasteiger partial charge in [-0.2, -0.15) is 8.78 Å². The number of benzene rings is 1. The average molecular weight is 272 g/mol. The molecule has 1 aromatic carbocycles. The van der Waals surface area contributed by atoms with Gasteiger partial charge in [0, 0.05) is 17.1 Å². The number of halogens is 2. The van der Waals surface area contributed by atoms with Crippen molar-refractivity contribution in [3.8, 4) is 0 Å². The van der Waals surface area contributed by atoms with Gasteiger partial charge in [0.2, 0.25) is 0 Å². The number of anilines is 1. The van der Waals surface area contributed by atoms with Crippen LogP contribution in [0.1, 0.15) is 12.8 Å². The molecule has 0 aliphatic carbocycles. The monoisotopic (exact) mass is 272 g/mol. The van der Waals surface area contributed by atoms with Crippen LogP contribution in [0, 0.1) is 5.92 Å². The van der Waals surface area contributed by atoms with E-state index in [1.165, 1.54) is 12.8 Å². The lowest BCUT2D eigenvalue weighted by molar-refractivity contribution is 0.252. The van der Waals surface area contributed by atoms with Crippen molar-refractivity contribution in [1.29, 1.82) is 0 Å². The van der Waals surface area contributed by atoms with Crippen molar-refractivity contribution in [2.75, 3.05) is 25.0 Å². The number of thioether (sulfide) groups is 1. The minimum atomic E-state index is -2.35. The van der Waals surface area contributed by atoms with Gasteiger partial charge in [0.1, 0.15) is 0 Å². The fourth-order valence-corrected chi connectivity index (χ4v) is 2.61. The van der Waals surface area contributed by atoms with Crippen LogP contribution in [0.2, 0.25) is 0 Å². The van der Waals surface area contributed by atoms with E-state index in [0.29, 0.717) is 22.6 Å². The van der Waals surface area contributed by atoms with Gasteiger partial charge >= 0.3 is 0 Å². The van der Waals surface area contributed by atoms with E-state index in [9.17, 15) is 8.78 Å². The van der Waals surface area contributed by atoms with Gasteiger partial charge in [-0.1, -0.05) is 11.8 Å². The maximum Gasteiger partial charge on any atom is 0.288 e. The largest absolute Gasteiger partial charge is 0.385 e. The van der Waals surface area contributed by atoms with Crippen molar-refractivity contribution in [2.45, 2.75) is 23.5 Å². The SMILES string of the molecule is FC(F)Sc1ccc(NCC2CCCNC2)cc1. The smallest absolute Gasteiger partial charge is 0.288 e. The molecule has 1 heterocycles. The number of alkyl halides is 2. The molecule has 1 fully saturated rings. The molecule has 0 bridgehead atoms. The molecule has 0 saturated carbocycles. The highest BCUT2D eigenvalue weighted by atomic mass is 32.2. The summed E-state index contributed by atoms with van der Waals surface area (Å²) in [6.45, 7) is 3.12. The van der Waals surface area contributed by atoms with E-state index in [1.54, 1.807) is 12.1 Å². The summed E-state index contributed by atoms with van der Waals surface area (Å²) in [4.78, 5) is 0.606. The second kappa shape index (κ2) is 6.95. The summed E-state index contributed by atoms with van der Waals surface area (Å²) in [7, 11) is 0. The molecule has 0 aromatic heterocycles. The molecule has 1 saturated heterocycles. The highest BCUT2D eigenvalue weighted by Crippen LogP contribution is 2.26. The van der Waals surface area contributed by atoms with E-state index in [1.807, 2.05) is 12.1 Å². The third-order valence-electron chi connectivity index (χ3n) is 3.07. The third kappa shape index (κ3) is 4.46. The van der Waals surface area contributed by atoms with E-state index in [-0.39, 0.29) is 0 Å². The summed E-state index contributed by atoms with van der Waals surface area (Å²) in [5.74, 6) is -1.69. The van der Waals surface area contributed by atoms with E-state index >= 15 is 0 Å². The molecule has 1 aliphatic rings. The number of nitrogens with one attached hydrogen (secondary N) is 2. The molecule has 1 atom stereocenters. The van der Waals surface area contributed by atoms with Gasteiger partial charge in [-0.15, -0.1) is 0 Å². The van der Waals surface area contributed by atoms with Gasteiger partial charge in [-0.25, -0.2) is 0 Å². The van der Waals surface area contributed by atoms with Crippen LogP contribution in [0.3, 0.4) is 0 Å². The Balaban J connectivity index is 1.78. The lowest BCUT2D eigenvalue weighted by Gasteiger charge is -2.23. The van der Waals surface area contributed by atoms with Crippen molar-refractivity contribution in [3.05, 3.63) is 24.3 Å². The fraction of sp³-hybridized carbons (Fsp3) is 0.538. The summed E-state index contributed by atoms with van der Waals surface area (Å²) in [6.07, 6.45) is 2.48. The molecule has 0 radical (unpaired) electrons. The third-order valence-corrected chi connectivity index (χ3v) is 3.80. The number of rotatable bonds is 5. The van der Waals surface area contributed by atoms with Gasteiger partial charge in [0.05, 0.1) is 0 Å². The quantitative estimate of drug-likeness (QED) is 0.803. The standard InChI is InChI=1S/C13H18F2N2S/c14-13(15)18-12-5-3-11(4-6-12)17-9-10-2-1-7-16-8-10/h3-6,10,13,16-17H,1-2,7-9H2. The molecular weight excluding hydrogens is 254 g/mol. The molecule has 100 valence electrons. The molecule has 18 heavy (non-hydrogen) atoms. The average Bonchev–Trinajstić information content (AvgIpc) is 2.38. The molecule has 2 rings (SSSR count). The number of hydrogen-bond donors (Lipinski definition) is 2. The van der Waals surface area contributed by atoms with E-state index < -0.39 is 5.76 Å². The molecule has 1 aromatic rings. The molecule has 2 N–H and O–H groups in total. The normalized spacial score (nSPS) is 20.1. The Morgan fingerprint density at radius 3 is 2.72 bits per heavy atom. The van der Waals surface area contributed by atoms with E-state index in [4.69, 9.17) is 0 Å². The van der Waals surface area contributed by atoms with E-state index in [2.05, 4.69) is 10.6 Å². The molecule has 0 amide bonds. The second-order valence-electron chi connectivity index (χ2n) is 4.50. The van der Waals surface area contributed by atoms with Gasteiger partial charge in [0.15, 0.2) is 0 Å². The Bertz CT molecular complexity index is 351. The first-order valence-corrected chi connectivity index (χ1v) is 7.11. The summed E-state index contributed by atoms with van der Waals surface area (Å²) in [5.41, 5.74) is 0.999. The van der Waals surface area contributed by atoms with Gasteiger partial charge in [0.25, 0.3) is 5.76 Å². The van der Waals surface area contributed by atoms with E-state index in [0.717, 1.165) is 25.3 Å². The van der Waals surface area contributed by atoms with Gasteiger partial charge < -0.3 is 10.6 Å². The van der Waals surface area contributed by atoms with Crippen LogP contribution in [0.25, 0.3) is 0 Å². The predicted molar refractivity (Wildman–Crippen MR) is 72.4 cm³/mol. The highest BCUT2D eigenvalue weighted by Gasteiger charge is 2.12. The number of hydrogen-bond acceptors (Lipinski definition) is 3. The second-order valence-corrected chi connectivity index (χ2v) is 5.56. The fourth-order valence-electron chi connectivity index (χ4n) is 2.11. The van der Waals surface area contributed by atoms with Gasteiger partial charge in [-0.3, -0.25) is 0 Å². The first-order chi connectivity index (χ1) is 8.74. The minimum absolute atomic E-state index is 0.582. The molecule has 0 spiro atoms. The molecular formula is C13H18F2N2S. The molecule has 5 heteroatoms. The highest BCUT2D eigenvalue weighted by molar-refractivity contribution is 7.99. The predicted octanol–water partition coefficient (Wildman–Crippen LogP) is 3.41. The van der Waals surface area contributed by atoms with Crippen molar-refractivity contribution in [3.63, 3.8) is 0 Å². The summed E-state index contributed by atoms with van der Waals surface area (Å²) >= 11 is 0.582. The van der Waals surface area contributed by atoms with Crippen LogP contribution >= 0.6 is 11.8 Å². The van der Waals surface area contributed by atoms with Crippen LogP contribution in [0.5, 0.6) is 0 Å². The maximum absolute atomic E-state index is 12.2. The Hall–Kier alpha value is -0.810. The molecule has 2 nitrogen and oxygen atoms in total. The lowest BCUT2D eigenvalue weighted by atomic mass is 10.00. The summed E-state index contributed by atoms with van der Waals surface area (Å²) in [5, 5.41) is 6.73. The zero-order chi connectivity index (χ0) is 12.8. The van der Waals surface area contributed by atoms with Crippen molar-refractivity contribution in [2.24, 2.45) is 5.92 Å².